The second-order valence-electron chi connectivity index (χ2n) is 7.02. The molecule has 0 spiro atoms. The Bertz CT molecular complexity index is 560. The highest BCUT2D eigenvalue weighted by Crippen LogP contribution is 2.34. The van der Waals surface area contributed by atoms with Crippen molar-refractivity contribution in [1.82, 2.24) is 5.32 Å². The smallest absolute Gasteiger partial charge is 0.322 e. The molecule has 0 bridgehead atoms. The number of hydrogen-bond donors (Lipinski definition) is 1. The van der Waals surface area contributed by atoms with E-state index in [1.165, 1.54) is 19.8 Å². The van der Waals surface area contributed by atoms with Crippen molar-refractivity contribution in [2.45, 2.75) is 52.5 Å². The maximum atomic E-state index is 12.3. The first-order valence-electron chi connectivity index (χ1n) is 9.32. The Morgan fingerprint density at radius 1 is 1.15 bits per heavy atom. The van der Waals surface area contributed by atoms with Gasteiger partial charge in [-0.15, -0.1) is 0 Å². The first-order chi connectivity index (χ1) is 12.4. The van der Waals surface area contributed by atoms with Gasteiger partial charge in [0.05, 0.1) is 19.6 Å². The highest BCUT2D eigenvalue weighted by atomic mass is 16.5. The summed E-state index contributed by atoms with van der Waals surface area (Å²) in [4.78, 5) is 24.4. The predicted octanol–water partition coefficient (Wildman–Crippen LogP) is 3.37. The van der Waals surface area contributed by atoms with E-state index < -0.39 is 5.41 Å². The molecule has 1 rings (SSSR count). The van der Waals surface area contributed by atoms with Crippen LogP contribution in [0.15, 0.2) is 30.3 Å². The molecular weight excluding hydrogens is 330 g/mol. The lowest BCUT2D eigenvalue weighted by molar-refractivity contribution is -0.155. The molecule has 3 atom stereocenters. The number of benzene rings is 1. The summed E-state index contributed by atoms with van der Waals surface area (Å²) in [6, 6.07) is 9.66. The summed E-state index contributed by atoms with van der Waals surface area (Å²) in [6.07, 6.45) is 2.93. The molecule has 0 heterocycles. The van der Waals surface area contributed by atoms with Crippen molar-refractivity contribution in [1.29, 1.82) is 0 Å². The third-order valence-electron chi connectivity index (χ3n) is 5.44. The SMILES string of the molecule is CC[C@@H](C)[C@@](C)(CCN[C@@H](CCc1ccccc1)C(=O)OC)C(=O)OC. The molecule has 0 aliphatic rings. The molecule has 1 N–H and O–H groups in total. The van der Waals surface area contributed by atoms with Gasteiger partial charge in [0.15, 0.2) is 0 Å². The summed E-state index contributed by atoms with van der Waals surface area (Å²) in [5.74, 6) is -0.283. The van der Waals surface area contributed by atoms with Crippen LogP contribution in [-0.4, -0.2) is 38.7 Å². The first-order valence-corrected chi connectivity index (χ1v) is 9.32. The fourth-order valence-electron chi connectivity index (χ4n) is 3.14. The van der Waals surface area contributed by atoms with Crippen LogP contribution in [0.25, 0.3) is 0 Å². The van der Waals surface area contributed by atoms with Gasteiger partial charge in [-0.2, -0.15) is 0 Å². The summed E-state index contributed by atoms with van der Waals surface area (Å²) >= 11 is 0. The van der Waals surface area contributed by atoms with E-state index in [0.717, 1.165) is 12.8 Å². The maximum absolute atomic E-state index is 12.3. The van der Waals surface area contributed by atoms with E-state index in [2.05, 4.69) is 19.2 Å². The molecule has 0 amide bonds. The van der Waals surface area contributed by atoms with Crippen molar-refractivity contribution >= 4 is 11.9 Å². The van der Waals surface area contributed by atoms with Crippen LogP contribution >= 0.6 is 0 Å². The molecule has 0 saturated heterocycles. The van der Waals surface area contributed by atoms with E-state index in [9.17, 15) is 9.59 Å². The van der Waals surface area contributed by atoms with E-state index in [4.69, 9.17) is 9.47 Å². The summed E-state index contributed by atoms with van der Waals surface area (Å²) in [7, 11) is 2.82. The van der Waals surface area contributed by atoms with Gasteiger partial charge in [-0.05, 0) is 44.2 Å². The molecule has 0 radical (unpaired) electrons. The minimum absolute atomic E-state index is 0.192. The van der Waals surface area contributed by atoms with Gasteiger partial charge in [0.1, 0.15) is 6.04 Å². The molecule has 0 unspecified atom stereocenters. The van der Waals surface area contributed by atoms with E-state index in [0.29, 0.717) is 19.4 Å². The first kappa shape index (κ1) is 22.2. The van der Waals surface area contributed by atoms with Gasteiger partial charge in [0.25, 0.3) is 0 Å². The van der Waals surface area contributed by atoms with Crippen LogP contribution in [0.2, 0.25) is 0 Å². The summed E-state index contributed by atoms with van der Waals surface area (Å²) in [5.41, 5.74) is 0.610. The number of carbonyl (C=O) groups excluding carboxylic acids is 2. The summed E-state index contributed by atoms with van der Waals surface area (Å²) in [6.45, 7) is 6.61. The second-order valence-corrected chi connectivity index (χ2v) is 7.02. The van der Waals surface area contributed by atoms with Crippen molar-refractivity contribution in [3.63, 3.8) is 0 Å². The Balaban J connectivity index is 2.67. The fraction of sp³-hybridized carbons (Fsp3) is 0.619. The molecule has 0 aliphatic heterocycles. The molecule has 146 valence electrons. The minimum atomic E-state index is -0.573. The van der Waals surface area contributed by atoms with Gasteiger partial charge < -0.3 is 14.8 Å². The van der Waals surface area contributed by atoms with E-state index >= 15 is 0 Å². The number of carbonyl (C=O) groups is 2. The molecule has 0 fully saturated rings. The van der Waals surface area contributed by atoms with Crippen LogP contribution in [0, 0.1) is 11.3 Å². The van der Waals surface area contributed by atoms with Crippen LogP contribution in [0.4, 0.5) is 0 Å². The van der Waals surface area contributed by atoms with Gasteiger partial charge in [0.2, 0.25) is 0 Å². The van der Waals surface area contributed by atoms with Crippen LogP contribution < -0.4 is 5.32 Å². The third-order valence-corrected chi connectivity index (χ3v) is 5.44. The Kier molecular flexibility index (Phi) is 9.35. The van der Waals surface area contributed by atoms with Gasteiger partial charge >= 0.3 is 11.9 Å². The van der Waals surface area contributed by atoms with E-state index in [-0.39, 0.29) is 23.9 Å². The fourth-order valence-corrected chi connectivity index (χ4v) is 3.14. The molecule has 5 heteroatoms. The quantitative estimate of drug-likeness (QED) is 0.611. The molecule has 1 aromatic rings. The minimum Gasteiger partial charge on any atom is -0.469 e. The molecule has 0 aromatic heterocycles. The second kappa shape index (κ2) is 11.0. The van der Waals surface area contributed by atoms with Crippen molar-refractivity contribution in [3.8, 4) is 0 Å². The third kappa shape index (κ3) is 6.13. The van der Waals surface area contributed by atoms with Gasteiger partial charge in [-0.25, -0.2) is 0 Å². The highest BCUT2D eigenvalue weighted by Gasteiger charge is 2.38. The Hall–Kier alpha value is -1.88. The van der Waals surface area contributed by atoms with Gasteiger partial charge in [-0.1, -0.05) is 50.6 Å². The van der Waals surface area contributed by atoms with Crippen LogP contribution in [0.5, 0.6) is 0 Å². The van der Waals surface area contributed by atoms with Crippen molar-refractivity contribution < 1.29 is 19.1 Å². The van der Waals surface area contributed by atoms with Crippen LogP contribution in [0.3, 0.4) is 0 Å². The standard InChI is InChI=1S/C21H33NO4/c1-6-16(2)21(3,20(24)26-5)14-15-22-18(19(23)25-4)13-12-17-10-8-7-9-11-17/h7-11,16,18,22H,6,12-15H2,1-5H3/t16-,18+,21-/m1/s1. The monoisotopic (exact) mass is 363 g/mol. The van der Waals surface area contributed by atoms with Gasteiger partial charge in [-0.3, -0.25) is 9.59 Å². The average molecular weight is 363 g/mol. The molecule has 1 aromatic carbocycles. The van der Waals surface area contributed by atoms with E-state index in [1.54, 1.807) is 0 Å². The average Bonchev–Trinajstić information content (AvgIpc) is 2.68. The number of esters is 2. The highest BCUT2D eigenvalue weighted by molar-refractivity contribution is 5.77. The lowest BCUT2D eigenvalue weighted by Gasteiger charge is -2.33. The zero-order valence-electron chi connectivity index (χ0n) is 16.7. The normalized spacial score (nSPS) is 15.6. The van der Waals surface area contributed by atoms with Crippen molar-refractivity contribution in [2.75, 3.05) is 20.8 Å². The van der Waals surface area contributed by atoms with Crippen LogP contribution in [-0.2, 0) is 25.5 Å². The lowest BCUT2D eigenvalue weighted by Crippen LogP contribution is -2.43. The van der Waals surface area contributed by atoms with Crippen LogP contribution in [0.1, 0.15) is 45.6 Å². The zero-order chi connectivity index (χ0) is 19.6. The lowest BCUT2D eigenvalue weighted by atomic mass is 9.74. The Morgan fingerprint density at radius 2 is 1.81 bits per heavy atom. The maximum Gasteiger partial charge on any atom is 0.322 e. The van der Waals surface area contributed by atoms with Crippen molar-refractivity contribution in [2.24, 2.45) is 11.3 Å². The van der Waals surface area contributed by atoms with Gasteiger partial charge in [0, 0.05) is 0 Å². The van der Waals surface area contributed by atoms with E-state index in [1.807, 2.05) is 37.3 Å². The summed E-state index contributed by atoms with van der Waals surface area (Å²) < 4.78 is 9.94. The van der Waals surface area contributed by atoms with Crippen molar-refractivity contribution in [3.05, 3.63) is 35.9 Å². The molecular formula is C21H33NO4. The predicted molar refractivity (Wildman–Crippen MR) is 103 cm³/mol. The number of nitrogens with one attached hydrogen (secondary N) is 1. The topological polar surface area (TPSA) is 64.6 Å². The molecule has 0 aliphatic carbocycles. The Labute approximate surface area is 157 Å². The number of aryl methyl sites for hydroxylation is 1. The molecule has 5 nitrogen and oxygen atoms in total. The number of hydrogen-bond acceptors (Lipinski definition) is 5. The zero-order valence-corrected chi connectivity index (χ0v) is 16.7. The molecule has 0 saturated carbocycles. The number of methoxy groups -OCH3 is 2. The Morgan fingerprint density at radius 3 is 2.35 bits per heavy atom. The number of rotatable bonds is 11. The number of ether oxygens (including phenoxy) is 2. The largest absolute Gasteiger partial charge is 0.469 e. The summed E-state index contributed by atoms with van der Waals surface area (Å²) in [5, 5.41) is 3.27. The molecule has 26 heavy (non-hydrogen) atoms.